The van der Waals surface area contributed by atoms with Gasteiger partial charge in [-0.3, -0.25) is 4.79 Å². The number of rotatable bonds is 4. The predicted molar refractivity (Wildman–Crippen MR) is 112 cm³/mol. The molecule has 0 fully saturated rings. The summed E-state index contributed by atoms with van der Waals surface area (Å²) in [6.45, 7) is 3.83. The maximum Gasteiger partial charge on any atom is 0.255 e. The third-order valence-electron chi connectivity index (χ3n) is 5.00. The molecule has 0 bridgehead atoms. The fourth-order valence-electron chi connectivity index (χ4n) is 3.43. The van der Waals surface area contributed by atoms with Crippen LogP contribution in [0.15, 0.2) is 66.7 Å². The first-order valence-corrected chi connectivity index (χ1v) is 9.47. The molecule has 4 rings (SSSR count). The van der Waals surface area contributed by atoms with E-state index in [1.807, 2.05) is 43.3 Å². The largest absolute Gasteiger partial charge is 0.367 e. The van der Waals surface area contributed by atoms with E-state index >= 15 is 0 Å². The number of anilines is 2. The van der Waals surface area contributed by atoms with Crippen molar-refractivity contribution in [2.75, 3.05) is 16.8 Å². The van der Waals surface area contributed by atoms with E-state index < -0.39 is 0 Å². The number of aryl methyl sites for hydroxylation is 1. The minimum absolute atomic E-state index is 0.131. The smallest absolute Gasteiger partial charge is 0.255 e. The molecule has 0 saturated carbocycles. The molecular formula is C23H21ClN2O. The van der Waals surface area contributed by atoms with Crippen LogP contribution in [0, 0.1) is 6.92 Å². The Bertz CT molecular complexity index is 982. The summed E-state index contributed by atoms with van der Waals surface area (Å²) in [5.74, 6) is -0.131. The predicted octanol–water partition coefficient (Wildman–Crippen LogP) is 5.46. The van der Waals surface area contributed by atoms with Crippen LogP contribution in [0.25, 0.3) is 0 Å². The van der Waals surface area contributed by atoms with Crippen molar-refractivity contribution in [2.45, 2.75) is 19.9 Å². The van der Waals surface area contributed by atoms with E-state index in [0.717, 1.165) is 25.1 Å². The molecule has 0 aliphatic carbocycles. The summed E-state index contributed by atoms with van der Waals surface area (Å²) >= 11 is 6.13. The van der Waals surface area contributed by atoms with Gasteiger partial charge in [0.25, 0.3) is 5.91 Å². The van der Waals surface area contributed by atoms with Gasteiger partial charge in [-0.1, -0.05) is 48.0 Å². The molecule has 0 atom stereocenters. The second kappa shape index (κ2) is 7.45. The van der Waals surface area contributed by atoms with Gasteiger partial charge in [-0.25, -0.2) is 0 Å². The molecule has 3 aromatic rings. The number of hydrogen-bond acceptors (Lipinski definition) is 2. The minimum atomic E-state index is -0.131. The zero-order valence-electron chi connectivity index (χ0n) is 15.2. The summed E-state index contributed by atoms with van der Waals surface area (Å²) in [5, 5.41) is 3.55. The SMILES string of the molecule is Cc1ccc(NC(=O)c2ccc(CN3CCc4ccccc43)cc2)cc1Cl. The van der Waals surface area contributed by atoms with E-state index in [4.69, 9.17) is 11.6 Å². The van der Waals surface area contributed by atoms with Crippen LogP contribution in [0.1, 0.15) is 27.0 Å². The summed E-state index contributed by atoms with van der Waals surface area (Å²) in [7, 11) is 0. The Labute approximate surface area is 164 Å². The number of fused-ring (bicyclic) bond motifs is 1. The van der Waals surface area contributed by atoms with Crippen LogP contribution < -0.4 is 10.2 Å². The van der Waals surface area contributed by atoms with E-state index in [0.29, 0.717) is 16.3 Å². The van der Waals surface area contributed by atoms with Gasteiger partial charge in [0.05, 0.1) is 0 Å². The quantitative estimate of drug-likeness (QED) is 0.655. The topological polar surface area (TPSA) is 32.3 Å². The second-order valence-corrected chi connectivity index (χ2v) is 7.32. The second-order valence-electron chi connectivity index (χ2n) is 6.92. The first kappa shape index (κ1) is 17.6. The standard InChI is InChI=1S/C23H21ClN2O/c1-16-6-11-20(14-21(16)24)25-23(27)19-9-7-17(8-10-19)15-26-13-12-18-4-2-3-5-22(18)26/h2-11,14H,12-13,15H2,1H3,(H,25,27). The normalized spacial score (nSPS) is 12.7. The maximum absolute atomic E-state index is 12.5. The Hall–Kier alpha value is -2.78. The number of carbonyl (C=O) groups is 1. The van der Waals surface area contributed by atoms with Gasteiger partial charge in [-0.15, -0.1) is 0 Å². The third-order valence-corrected chi connectivity index (χ3v) is 5.41. The Morgan fingerprint density at radius 1 is 1.07 bits per heavy atom. The highest BCUT2D eigenvalue weighted by molar-refractivity contribution is 6.31. The third kappa shape index (κ3) is 3.83. The van der Waals surface area contributed by atoms with Gasteiger partial charge >= 0.3 is 0 Å². The van der Waals surface area contributed by atoms with Gasteiger partial charge in [-0.2, -0.15) is 0 Å². The lowest BCUT2D eigenvalue weighted by Crippen LogP contribution is -2.19. The molecule has 1 heterocycles. The molecule has 27 heavy (non-hydrogen) atoms. The van der Waals surface area contributed by atoms with E-state index in [2.05, 4.69) is 34.5 Å². The van der Waals surface area contributed by atoms with Crippen molar-refractivity contribution in [2.24, 2.45) is 0 Å². The number of hydrogen-bond donors (Lipinski definition) is 1. The lowest BCUT2D eigenvalue weighted by atomic mass is 10.1. The molecule has 3 nitrogen and oxygen atoms in total. The molecule has 136 valence electrons. The average molecular weight is 377 g/mol. The van der Waals surface area contributed by atoms with Crippen LogP contribution in [0.5, 0.6) is 0 Å². The van der Waals surface area contributed by atoms with Crippen LogP contribution in [-0.4, -0.2) is 12.5 Å². The van der Waals surface area contributed by atoms with Gasteiger partial charge in [0.2, 0.25) is 0 Å². The highest BCUT2D eigenvalue weighted by atomic mass is 35.5. The minimum Gasteiger partial charge on any atom is -0.367 e. The van der Waals surface area contributed by atoms with Crippen molar-refractivity contribution >= 4 is 28.9 Å². The molecule has 0 spiro atoms. The van der Waals surface area contributed by atoms with Crippen molar-refractivity contribution in [3.05, 3.63) is 94.0 Å². The van der Waals surface area contributed by atoms with E-state index in [1.54, 1.807) is 6.07 Å². The molecule has 0 aromatic heterocycles. The van der Waals surface area contributed by atoms with Crippen LogP contribution in [0.4, 0.5) is 11.4 Å². The molecule has 1 aliphatic heterocycles. The number of carbonyl (C=O) groups excluding carboxylic acids is 1. The molecule has 1 N–H and O–H groups in total. The molecule has 0 saturated heterocycles. The summed E-state index contributed by atoms with van der Waals surface area (Å²) in [5.41, 5.74) is 6.25. The van der Waals surface area contributed by atoms with Gasteiger partial charge in [0.15, 0.2) is 0 Å². The van der Waals surface area contributed by atoms with Crippen molar-refractivity contribution in [3.8, 4) is 0 Å². The first-order chi connectivity index (χ1) is 13.1. The zero-order chi connectivity index (χ0) is 18.8. The molecular weight excluding hydrogens is 356 g/mol. The number of nitrogens with one attached hydrogen (secondary N) is 1. The number of nitrogens with zero attached hydrogens (tertiary/aromatic N) is 1. The van der Waals surface area contributed by atoms with Crippen molar-refractivity contribution in [3.63, 3.8) is 0 Å². The van der Waals surface area contributed by atoms with Crippen LogP contribution in [-0.2, 0) is 13.0 Å². The fraction of sp³-hybridized carbons (Fsp3) is 0.174. The summed E-state index contributed by atoms with van der Waals surface area (Å²) in [4.78, 5) is 14.9. The first-order valence-electron chi connectivity index (χ1n) is 9.09. The molecule has 1 amide bonds. The van der Waals surface area contributed by atoms with Gasteiger partial charge in [0.1, 0.15) is 0 Å². The Balaban J connectivity index is 1.43. The molecule has 0 unspecified atom stereocenters. The molecule has 4 heteroatoms. The Morgan fingerprint density at radius 2 is 1.85 bits per heavy atom. The van der Waals surface area contributed by atoms with E-state index in [9.17, 15) is 4.79 Å². The Morgan fingerprint density at radius 3 is 2.63 bits per heavy atom. The number of halogens is 1. The van der Waals surface area contributed by atoms with Gasteiger partial charge in [-0.05, 0) is 60.4 Å². The van der Waals surface area contributed by atoms with Crippen LogP contribution >= 0.6 is 11.6 Å². The lowest BCUT2D eigenvalue weighted by molar-refractivity contribution is 0.102. The van der Waals surface area contributed by atoms with Crippen molar-refractivity contribution in [1.82, 2.24) is 0 Å². The highest BCUT2D eigenvalue weighted by Crippen LogP contribution is 2.29. The summed E-state index contributed by atoms with van der Waals surface area (Å²) < 4.78 is 0. The van der Waals surface area contributed by atoms with Crippen molar-refractivity contribution < 1.29 is 4.79 Å². The maximum atomic E-state index is 12.5. The van der Waals surface area contributed by atoms with Crippen molar-refractivity contribution in [1.29, 1.82) is 0 Å². The lowest BCUT2D eigenvalue weighted by Gasteiger charge is -2.19. The fourth-order valence-corrected chi connectivity index (χ4v) is 3.61. The average Bonchev–Trinajstić information content (AvgIpc) is 3.08. The number of benzene rings is 3. The zero-order valence-corrected chi connectivity index (χ0v) is 16.0. The summed E-state index contributed by atoms with van der Waals surface area (Å²) in [6.07, 6.45) is 1.09. The van der Waals surface area contributed by atoms with Crippen LogP contribution in [0.3, 0.4) is 0 Å². The monoisotopic (exact) mass is 376 g/mol. The number of para-hydroxylation sites is 1. The summed E-state index contributed by atoms with van der Waals surface area (Å²) in [6, 6.07) is 21.9. The molecule has 0 radical (unpaired) electrons. The molecule has 3 aromatic carbocycles. The van der Waals surface area contributed by atoms with E-state index in [1.165, 1.54) is 16.8 Å². The highest BCUT2D eigenvalue weighted by Gasteiger charge is 2.18. The van der Waals surface area contributed by atoms with E-state index in [-0.39, 0.29) is 5.91 Å². The number of amides is 1. The van der Waals surface area contributed by atoms with Crippen LogP contribution in [0.2, 0.25) is 5.02 Å². The molecule has 1 aliphatic rings. The van der Waals surface area contributed by atoms with Gasteiger partial charge in [0, 0.05) is 35.1 Å². The van der Waals surface area contributed by atoms with Gasteiger partial charge < -0.3 is 10.2 Å². The Kier molecular flexibility index (Phi) is 4.87.